The molecule has 0 aliphatic heterocycles. The summed E-state index contributed by atoms with van der Waals surface area (Å²) >= 11 is 1.26. The summed E-state index contributed by atoms with van der Waals surface area (Å²) in [6.07, 6.45) is 4.49. The molecule has 90 valence electrons. The Morgan fingerprint density at radius 2 is 2.12 bits per heavy atom. The third-order valence-electron chi connectivity index (χ3n) is 1.95. The highest BCUT2D eigenvalue weighted by Crippen LogP contribution is 2.23. The van der Waals surface area contributed by atoms with Crippen molar-refractivity contribution >= 4 is 17.6 Å². The molecule has 4 nitrogen and oxygen atoms in total. The lowest BCUT2D eigenvalue weighted by Crippen LogP contribution is -3.00. The number of pyridine rings is 1. The van der Waals surface area contributed by atoms with Gasteiger partial charge in [-0.15, -0.1) is 0 Å². The molecule has 0 aliphatic rings. The van der Waals surface area contributed by atoms with Crippen molar-refractivity contribution in [2.75, 3.05) is 6.61 Å². The highest BCUT2D eigenvalue weighted by Gasteiger charge is 2.22. The number of thiazole rings is 1. The van der Waals surface area contributed by atoms with Gasteiger partial charge < -0.3 is 28.7 Å². The van der Waals surface area contributed by atoms with Gasteiger partial charge >= 0.3 is 11.0 Å². The molecule has 0 amide bonds. The van der Waals surface area contributed by atoms with Crippen molar-refractivity contribution in [1.29, 1.82) is 0 Å². The highest BCUT2D eigenvalue weighted by atomic mass is 127. The molecule has 0 aliphatic carbocycles. The van der Waals surface area contributed by atoms with Gasteiger partial charge in [-0.3, -0.25) is 4.79 Å². The predicted molar refractivity (Wildman–Crippen MR) is 60.2 cm³/mol. The summed E-state index contributed by atoms with van der Waals surface area (Å²) < 4.78 is 7.08. The minimum Gasteiger partial charge on any atom is -1.00 e. The first-order chi connectivity index (χ1) is 7.85. The Morgan fingerprint density at radius 3 is 2.71 bits per heavy atom. The van der Waals surface area contributed by atoms with Crippen molar-refractivity contribution in [2.24, 2.45) is 0 Å². The average molecular weight is 362 g/mol. The SMILES string of the molecule is CCOc1nc(-[n+]2ccccc2)c(C=O)s1.[I-]. The third-order valence-corrected chi connectivity index (χ3v) is 2.83. The second-order valence-electron chi connectivity index (χ2n) is 3.00. The summed E-state index contributed by atoms with van der Waals surface area (Å²) in [5.41, 5.74) is 0. The zero-order valence-electron chi connectivity index (χ0n) is 9.17. The Labute approximate surface area is 120 Å². The van der Waals surface area contributed by atoms with E-state index in [0.717, 1.165) is 6.29 Å². The van der Waals surface area contributed by atoms with E-state index in [1.165, 1.54) is 11.3 Å². The van der Waals surface area contributed by atoms with Crippen LogP contribution < -0.4 is 33.3 Å². The lowest BCUT2D eigenvalue weighted by atomic mass is 10.4. The number of hydrogen-bond donors (Lipinski definition) is 0. The number of carbonyl (C=O) groups excluding carboxylic acids is 1. The van der Waals surface area contributed by atoms with Crippen LogP contribution in [0.2, 0.25) is 0 Å². The number of rotatable bonds is 4. The van der Waals surface area contributed by atoms with Crippen LogP contribution in [0.3, 0.4) is 0 Å². The maximum atomic E-state index is 10.9. The molecule has 2 aromatic heterocycles. The normalized spacial score (nSPS) is 9.47. The summed E-state index contributed by atoms with van der Waals surface area (Å²) in [6, 6.07) is 5.68. The molecule has 0 saturated carbocycles. The second-order valence-corrected chi connectivity index (χ2v) is 3.99. The largest absolute Gasteiger partial charge is 1.00 e. The van der Waals surface area contributed by atoms with Crippen molar-refractivity contribution in [3.63, 3.8) is 0 Å². The van der Waals surface area contributed by atoms with Crippen LogP contribution in [-0.2, 0) is 0 Å². The molecule has 0 saturated heterocycles. The molecule has 17 heavy (non-hydrogen) atoms. The van der Waals surface area contributed by atoms with Crippen LogP contribution in [0.4, 0.5) is 0 Å². The van der Waals surface area contributed by atoms with E-state index >= 15 is 0 Å². The first-order valence-corrected chi connectivity index (χ1v) is 5.72. The Balaban J connectivity index is 0.00000144. The summed E-state index contributed by atoms with van der Waals surface area (Å²) in [7, 11) is 0. The molecule has 2 heterocycles. The number of hydrogen-bond acceptors (Lipinski definition) is 4. The second kappa shape index (κ2) is 6.65. The quantitative estimate of drug-likeness (QED) is 0.383. The first-order valence-electron chi connectivity index (χ1n) is 4.90. The number of halogens is 1. The molecule has 0 atom stereocenters. The maximum absolute atomic E-state index is 10.9. The van der Waals surface area contributed by atoms with Crippen LogP contribution in [0.5, 0.6) is 5.19 Å². The number of ether oxygens (including phenoxy) is 1. The maximum Gasteiger partial charge on any atom is 0.389 e. The van der Waals surface area contributed by atoms with Crippen molar-refractivity contribution in [3.05, 3.63) is 35.5 Å². The molecule has 0 bridgehead atoms. The van der Waals surface area contributed by atoms with E-state index in [4.69, 9.17) is 4.74 Å². The van der Waals surface area contributed by atoms with E-state index in [1.807, 2.05) is 37.5 Å². The van der Waals surface area contributed by atoms with E-state index in [2.05, 4.69) is 4.98 Å². The van der Waals surface area contributed by atoms with Gasteiger partial charge in [-0.25, -0.2) is 4.57 Å². The van der Waals surface area contributed by atoms with E-state index < -0.39 is 0 Å². The molecular formula is C11H11IN2O2S. The van der Waals surface area contributed by atoms with Crippen LogP contribution in [0.1, 0.15) is 16.6 Å². The zero-order chi connectivity index (χ0) is 11.4. The van der Waals surface area contributed by atoms with Crippen molar-refractivity contribution in [3.8, 4) is 11.0 Å². The van der Waals surface area contributed by atoms with Crippen LogP contribution in [0, 0.1) is 0 Å². The predicted octanol–water partition coefficient (Wildman–Crippen LogP) is -1.36. The Kier molecular flexibility index (Phi) is 5.49. The van der Waals surface area contributed by atoms with Crippen molar-refractivity contribution < 1.29 is 38.1 Å². The molecule has 2 aromatic rings. The Hall–Kier alpha value is -1.02. The summed E-state index contributed by atoms with van der Waals surface area (Å²) in [5.74, 6) is 0.615. The van der Waals surface area contributed by atoms with Gasteiger partial charge in [0.25, 0.3) is 0 Å². The minimum absolute atomic E-state index is 0. The summed E-state index contributed by atoms with van der Waals surface area (Å²) in [4.78, 5) is 15.8. The number of aromatic nitrogens is 2. The van der Waals surface area contributed by atoms with Crippen LogP contribution in [0.25, 0.3) is 5.82 Å². The molecule has 2 rings (SSSR count). The Morgan fingerprint density at radius 1 is 1.41 bits per heavy atom. The fourth-order valence-corrected chi connectivity index (χ4v) is 2.08. The van der Waals surface area contributed by atoms with Gasteiger partial charge in [0.05, 0.1) is 19.0 Å². The lowest BCUT2D eigenvalue weighted by molar-refractivity contribution is -0.599. The Bertz CT molecular complexity index is 487. The summed E-state index contributed by atoms with van der Waals surface area (Å²) in [5, 5.41) is 0.524. The van der Waals surface area contributed by atoms with Crippen LogP contribution >= 0.6 is 11.3 Å². The van der Waals surface area contributed by atoms with Crippen molar-refractivity contribution in [1.82, 2.24) is 4.98 Å². The van der Waals surface area contributed by atoms with Crippen LogP contribution in [0.15, 0.2) is 30.6 Å². The highest BCUT2D eigenvalue weighted by molar-refractivity contribution is 7.15. The minimum atomic E-state index is 0. The number of nitrogens with zero attached hydrogens (tertiary/aromatic N) is 2. The van der Waals surface area contributed by atoms with E-state index in [0.29, 0.717) is 22.5 Å². The molecule has 6 heteroatoms. The van der Waals surface area contributed by atoms with Gasteiger partial charge in [-0.2, -0.15) is 0 Å². The van der Waals surface area contributed by atoms with Gasteiger partial charge in [0.15, 0.2) is 11.2 Å². The standard InChI is InChI=1S/C11H11N2O2S.HI/c1-2-15-11-12-10(9(8-14)16-11)13-6-4-3-5-7-13;/h3-8H,2H2,1H3;1H/q+1;/p-1. The summed E-state index contributed by atoms with van der Waals surface area (Å²) in [6.45, 7) is 2.43. The van der Waals surface area contributed by atoms with Crippen molar-refractivity contribution in [2.45, 2.75) is 6.92 Å². The number of aldehydes is 1. The van der Waals surface area contributed by atoms with Gasteiger partial charge in [-0.05, 0) is 30.4 Å². The zero-order valence-corrected chi connectivity index (χ0v) is 12.1. The van der Waals surface area contributed by atoms with Crippen LogP contribution in [-0.4, -0.2) is 17.9 Å². The number of carbonyl (C=O) groups is 1. The van der Waals surface area contributed by atoms with E-state index in [-0.39, 0.29) is 24.0 Å². The topological polar surface area (TPSA) is 43.1 Å². The van der Waals surface area contributed by atoms with Gasteiger partial charge in [0.1, 0.15) is 0 Å². The van der Waals surface area contributed by atoms with Gasteiger partial charge in [0.2, 0.25) is 0 Å². The third kappa shape index (κ3) is 3.22. The molecule has 0 N–H and O–H groups in total. The molecule has 0 fully saturated rings. The van der Waals surface area contributed by atoms with Gasteiger partial charge in [0, 0.05) is 4.98 Å². The fourth-order valence-electron chi connectivity index (χ4n) is 1.29. The monoisotopic (exact) mass is 362 g/mol. The first kappa shape index (κ1) is 14.0. The lowest BCUT2D eigenvalue weighted by Gasteiger charge is -1.91. The fraction of sp³-hybridized carbons (Fsp3) is 0.182. The average Bonchev–Trinajstić information content (AvgIpc) is 2.74. The molecule has 0 unspecified atom stereocenters. The smallest absolute Gasteiger partial charge is 0.389 e. The van der Waals surface area contributed by atoms with E-state index in [1.54, 1.807) is 4.57 Å². The molecule has 0 spiro atoms. The molecule has 0 radical (unpaired) electrons. The van der Waals surface area contributed by atoms with Gasteiger partial charge in [-0.1, -0.05) is 6.07 Å². The molecular weight excluding hydrogens is 351 g/mol. The molecule has 0 aromatic carbocycles. The van der Waals surface area contributed by atoms with E-state index in [9.17, 15) is 4.79 Å².